The molecule has 0 saturated carbocycles. The number of hydrogen-bond donors (Lipinski definition) is 2. The maximum absolute atomic E-state index is 5.34. The van der Waals surface area contributed by atoms with E-state index in [2.05, 4.69) is 39.9 Å². The average molecular weight is 340 g/mol. The summed E-state index contributed by atoms with van der Waals surface area (Å²) in [6, 6.07) is 10.2. The van der Waals surface area contributed by atoms with Crippen LogP contribution in [0.1, 0.15) is 16.8 Å². The van der Waals surface area contributed by atoms with Gasteiger partial charge in [0.2, 0.25) is 0 Å². The molecule has 7 heteroatoms. The van der Waals surface area contributed by atoms with Crippen molar-refractivity contribution in [3.05, 3.63) is 59.5 Å². The molecule has 0 aliphatic heterocycles. The van der Waals surface area contributed by atoms with Crippen molar-refractivity contribution in [2.75, 3.05) is 10.6 Å². The third-order valence-corrected chi connectivity index (χ3v) is 4.16. The lowest BCUT2D eigenvalue weighted by Crippen LogP contribution is -2.20. The van der Waals surface area contributed by atoms with Crippen LogP contribution in [0.2, 0.25) is 0 Å². The molecule has 3 aromatic rings. The molecule has 0 fully saturated rings. The molecule has 124 valence electrons. The number of benzene rings is 1. The van der Waals surface area contributed by atoms with Crippen LogP contribution < -0.4 is 10.6 Å². The van der Waals surface area contributed by atoms with Gasteiger partial charge in [-0.05, 0) is 37.2 Å². The smallest absolute Gasteiger partial charge is 0.176 e. The SMILES string of the molecule is Cc1ccccc1Cn1ccc(NC(=S)Nc2cnn(C)c2C)n1. The van der Waals surface area contributed by atoms with E-state index in [1.54, 1.807) is 10.9 Å². The van der Waals surface area contributed by atoms with Gasteiger partial charge in [0.15, 0.2) is 10.9 Å². The lowest BCUT2D eigenvalue weighted by Gasteiger charge is -2.08. The molecule has 2 aromatic heterocycles. The third-order valence-electron chi connectivity index (χ3n) is 3.96. The first kappa shape index (κ1) is 16.2. The Morgan fingerprint density at radius 3 is 2.67 bits per heavy atom. The van der Waals surface area contributed by atoms with Gasteiger partial charge >= 0.3 is 0 Å². The Labute approximate surface area is 146 Å². The van der Waals surface area contributed by atoms with E-state index in [9.17, 15) is 0 Å². The van der Waals surface area contributed by atoms with E-state index in [-0.39, 0.29) is 0 Å². The van der Waals surface area contributed by atoms with Crippen LogP contribution >= 0.6 is 12.2 Å². The van der Waals surface area contributed by atoms with E-state index >= 15 is 0 Å². The number of thiocarbonyl (C=S) groups is 1. The van der Waals surface area contributed by atoms with Crippen LogP contribution in [-0.4, -0.2) is 24.7 Å². The lowest BCUT2D eigenvalue weighted by atomic mass is 10.1. The largest absolute Gasteiger partial charge is 0.330 e. The number of aromatic nitrogens is 4. The molecular weight excluding hydrogens is 320 g/mol. The van der Waals surface area contributed by atoms with Gasteiger partial charge in [-0.15, -0.1) is 0 Å². The molecule has 0 radical (unpaired) electrons. The molecule has 1 aromatic carbocycles. The van der Waals surface area contributed by atoms with Crippen LogP contribution in [0.3, 0.4) is 0 Å². The van der Waals surface area contributed by atoms with Gasteiger partial charge in [0.25, 0.3) is 0 Å². The zero-order chi connectivity index (χ0) is 17.1. The van der Waals surface area contributed by atoms with Gasteiger partial charge in [-0.25, -0.2) is 0 Å². The molecule has 6 nitrogen and oxygen atoms in total. The summed E-state index contributed by atoms with van der Waals surface area (Å²) < 4.78 is 3.68. The number of anilines is 2. The molecule has 24 heavy (non-hydrogen) atoms. The first-order valence-corrected chi connectivity index (χ1v) is 8.08. The van der Waals surface area contributed by atoms with Crippen molar-refractivity contribution >= 4 is 28.8 Å². The number of hydrogen-bond acceptors (Lipinski definition) is 3. The van der Waals surface area contributed by atoms with Crippen molar-refractivity contribution in [2.24, 2.45) is 7.05 Å². The van der Waals surface area contributed by atoms with E-state index in [0.717, 1.165) is 17.9 Å². The predicted octanol–water partition coefficient (Wildman–Crippen LogP) is 3.09. The van der Waals surface area contributed by atoms with Gasteiger partial charge in [0, 0.05) is 19.3 Å². The quantitative estimate of drug-likeness (QED) is 0.715. The van der Waals surface area contributed by atoms with Crippen molar-refractivity contribution < 1.29 is 0 Å². The topological polar surface area (TPSA) is 59.7 Å². The van der Waals surface area contributed by atoms with Crippen LogP contribution in [0.25, 0.3) is 0 Å². The Kier molecular flexibility index (Phi) is 4.61. The molecule has 0 saturated heterocycles. The number of rotatable bonds is 4. The van der Waals surface area contributed by atoms with Gasteiger partial charge in [0.05, 0.1) is 24.1 Å². The fourth-order valence-corrected chi connectivity index (χ4v) is 2.58. The zero-order valence-corrected chi connectivity index (χ0v) is 14.8. The average Bonchev–Trinajstić information content (AvgIpc) is 3.11. The second-order valence-corrected chi connectivity index (χ2v) is 6.08. The van der Waals surface area contributed by atoms with Gasteiger partial charge in [-0.2, -0.15) is 10.2 Å². The van der Waals surface area contributed by atoms with E-state index in [0.29, 0.717) is 10.9 Å². The molecular formula is C17H20N6S. The summed E-state index contributed by atoms with van der Waals surface area (Å²) in [5.41, 5.74) is 4.41. The molecule has 0 aliphatic rings. The minimum absolute atomic E-state index is 0.493. The molecule has 0 bridgehead atoms. The lowest BCUT2D eigenvalue weighted by molar-refractivity contribution is 0.687. The molecule has 0 amide bonds. The zero-order valence-electron chi connectivity index (χ0n) is 13.9. The Morgan fingerprint density at radius 1 is 1.17 bits per heavy atom. The third kappa shape index (κ3) is 3.62. The molecule has 3 rings (SSSR count). The molecule has 0 spiro atoms. The maximum atomic E-state index is 5.34. The molecule has 0 aliphatic carbocycles. The minimum Gasteiger partial charge on any atom is -0.330 e. The van der Waals surface area contributed by atoms with Gasteiger partial charge < -0.3 is 10.6 Å². The van der Waals surface area contributed by atoms with Crippen LogP contribution in [0.15, 0.2) is 42.7 Å². The highest BCUT2D eigenvalue weighted by atomic mass is 32.1. The number of aryl methyl sites for hydroxylation is 2. The summed E-state index contributed by atoms with van der Waals surface area (Å²) in [6.07, 6.45) is 3.69. The van der Waals surface area contributed by atoms with Gasteiger partial charge in [0.1, 0.15) is 0 Å². The highest BCUT2D eigenvalue weighted by Crippen LogP contribution is 2.14. The first-order valence-electron chi connectivity index (χ1n) is 7.67. The van der Waals surface area contributed by atoms with Crippen molar-refractivity contribution in [2.45, 2.75) is 20.4 Å². The van der Waals surface area contributed by atoms with Gasteiger partial charge in [-0.3, -0.25) is 9.36 Å². The monoisotopic (exact) mass is 340 g/mol. The predicted molar refractivity (Wildman–Crippen MR) is 100 cm³/mol. The fraction of sp³-hybridized carbons (Fsp3) is 0.235. The van der Waals surface area contributed by atoms with E-state index in [1.807, 2.05) is 43.0 Å². The summed E-state index contributed by atoms with van der Waals surface area (Å²) in [5, 5.41) is 15.4. The second kappa shape index (κ2) is 6.84. The molecule has 2 N–H and O–H groups in total. The van der Waals surface area contributed by atoms with Crippen LogP contribution in [0.5, 0.6) is 0 Å². The summed E-state index contributed by atoms with van der Waals surface area (Å²) in [4.78, 5) is 0. The second-order valence-electron chi connectivity index (χ2n) is 5.67. The van der Waals surface area contributed by atoms with Crippen molar-refractivity contribution in [1.29, 1.82) is 0 Å². The Balaban J connectivity index is 1.62. The molecule has 0 atom stereocenters. The van der Waals surface area contributed by atoms with Crippen molar-refractivity contribution in [1.82, 2.24) is 19.6 Å². The number of nitrogens with zero attached hydrogens (tertiary/aromatic N) is 4. The Bertz CT molecular complexity index is 864. The fourth-order valence-electron chi connectivity index (χ4n) is 2.37. The summed E-state index contributed by atoms with van der Waals surface area (Å²) in [5.74, 6) is 0.711. The van der Waals surface area contributed by atoms with Crippen LogP contribution in [0.4, 0.5) is 11.5 Å². The molecule has 0 unspecified atom stereocenters. The van der Waals surface area contributed by atoms with Crippen molar-refractivity contribution in [3.8, 4) is 0 Å². The highest BCUT2D eigenvalue weighted by Gasteiger charge is 2.07. The van der Waals surface area contributed by atoms with E-state index in [4.69, 9.17) is 12.2 Å². The van der Waals surface area contributed by atoms with Gasteiger partial charge in [-0.1, -0.05) is 24.3 Å². The van der Waals surface area contributed by atoms with Crippen LogP contribution in [0, 0.1) is 13.8 Å². The number of nitrogens with one attached hydrogen (secondary N) is 2. The van der Waals surface area contributed by atoms with E-state index < -0.39 is 0 Å². The minimum atomic E-state index is 0.493. The Morgan fingerprint density at radius 2 is 1.96 bits per heavy atom. The first-order chi connectivity index (χ1) is 11.5. The summed E-state index contributed by atoms with van der Waals surface area (Å²) in [7, 11) is 1.89. The Hall–Kier alpha value is -2.67. The summed E-state index contributed by atoms with van der Waals surface area (Å²) >= 11 is 5.34. The van der Waals surface area contributed by atoms with E-state index in [1.165, 1.54) is 11.1 Å². The van der Waals surface area contributed by atoms with Crippen LogP contribution in [-0.2, 0) is 13.6 Å². The summed E-state index contributed by atoms with van der Waals surface area (Å²) in [6.45, 7) is 4.82. The normalized spacial score (nSPS) is 10.6. The maximum Gasteiger partial charge on any atom is 0.176 e. The van der Waals surface area contributed by atoms with Crippen molar-refractivity contribution in [3.63, 3.8) is 0 Å². The molecule has 2 heterocycles. The standard InChI is InChI=1S/C17H20N6S/c1-12-6-4-5-7-14(12)11-23-9-8-16(21-23)20-17(24)19-15-10-18-22(3)13(15)2/h4-10H,11H2,1-3H3,(H2,19,20,21,24). The highest BCUT2D eigenvalue weighted by molar-refractivity contribution is 7.80.